The monoisotopic (exact) mass is 203 g/mol. The Kier molecular flexibility index (Phi) is 1.33. The van der Waals surface area contributed by atoms with Crippen LogP contribution in [0.15, 0.2) is 16.8 Å². The molecule has 0 atom stereocenters. The molecular formula is C10H5NO4. The van der Waals surface area contributed by atoms with Gasteiger partial charge in [0.2, 0.25) is 0 Å². The zero-order chi connectivity index (χ0) is 10.6. The molecule has 2 heterocycles. The SMILES string of the molecule is Cc1c2c3ccnoc-3c1C(=O)OC2=O. The Morgan fingerprint density at radius 2 is 1.93 bits per heavy atom. The molecule has 0 spiro atoms. The van der Waals surface area contributed by atoms with Crippen LogP contribution in [-0.2, 0) is 4.74 Å². The highest BCUT2D eigenvalue weighted by atomic mass is 16.6. The molecule has 5 nitrogen and oxygen atoms in total. The molecular weight excluding hydrogens is 198 g/mol. The van der Waals surface area contributed by atoms with Gasteiger partial charge in [0.05, 0.1) is 11.8 Å². The summed E-state index contributed by atoms with van der Waals surface area (Å²) in [6, 6.07) is 1.63. The molecule has 0 saturated carbocycles. The van der Waals surface area contributed by atoms with Crippen molar-refractivity contribution in [2.24, 2.45) is 0 Å². The van der Waals surface area contributed by atoms with Gasteiger partial charge < -0.3 is 9.26 Å². The van der Waals surface area contributed by atoms with E-state index in [0.29, 0.717) is 28.0 Å². The average Bonchev–Trinajstić information content (AvgIpc) is 2.42. The van der Waals surface area contributed by atoms with E-state index >= 15 is 0 Å². The van der Waals surface area contributed by atoms with Crippen molar-refractivity contribution in [1.82, 2.24) is 5.16 Å². The lowest BCUT2D eigenvalue weighted by molar-refractivity contribution is 0.0388. The van der Waals surface area contributed by atoms with Crippen LogP contribution >= 0.6 is 0 Å². The quantitative estimate of drug-likeness (QED) is 0.478. The minimum Gasteiger partial charge on any atom is -0.386 e. The van der Waals surface area contributed by atoms with E-state index in [2.05, 4.69) is 9.89 Å². The van der Waals surface area contributed by atoms with Crippen LogP contribution in [0.2, 0.25) is 0 Å². The molecule has 0 unspecified atom stereocenters. The molecule has 0 fully saturated rings. The lowest BCUT2D eigenvalue weighted by Gasteiger charge is -2.06. The van der Waals surface area contributed by atoms with Gasteiger partial charge in [0.15, 0.2) is 5.76 Å². The molecule has 5 heteroatoms. The van der Waals surface area contributed by atoms with Crippen LogP contribution in [0.3, 0.4) is 0 Å². The van der Waals surface area contributed by atoms with Crippen molar-refractivity contribution in [3.05, 3.63) is 29.0 Å². The van der Waals surface area contributed by atoms with Crippen molar-refractivity contribution in [1.29, 1.82) is 0 Å². The molecule has 74 valence electrons. The minimum absolute atomic E-state index is 0.299. The van der Waals surface area contributed by atoms with E-state index in [9.17, 15) is 9.59 Å². The molecule has 0 saturated heterocycles. The topological polar surface area (TPSA) is 69.4 Å². The lowest BCUT2D eigenvalue weighted by Crippen LogP contribution is -2.17. The Balaban J connectivity index is 2.52. The Bertz CT molecular complexity index is 521. The van der Waals surface area contributed by atoms with Crippen LogP contribution in [0, 0.1) is 6.92 Å². The molecule has 1 aliphatic carbocycles. The summed E-state index contributed by atoms with van der Waals surface area (Å²) in [6.45, 7) is 1.69. The number of ether oxygens (including phenoxy) is 1. The zero-order valence-electron chi connectivity index (χ0n) is 7.73. The number of hydrogen-bond donors (Lipinski definition) is 0. The molecule has 2 bridgehead atoms. The van der Waals surface area contributed by atoms with E-state index in [-0.39, 0.29) is 0 Å². The normalized spacial score (nSPS) is 14.5. The van der Waals surface area contributed by atoms with Gasteiger partial charge in [-0.25, -0.2) is 9.59 Å². The molecule has 2 aliphatic heterocycles. The fraction of sp³-hybridized carbons (Fsp3) is 0.100. The molecule has 0 aromatic heterocycles. The van der Waals surface area contributed by atoms with Gasteiger partial charge in [-0.05, 0) is 18.6 Å². The number of fused-ring (bicyclic) bond motifs is 5. The highest BCUT2D eigenvalue weighted by Gasteiger charge is 2.38. The van der Waals surface area contributed by atoms with E-state index in [1.807, 2.05) is 0 Å². The second-order valence-corrected chi connectivity index (χ2v) is 3.31. The van der Waals surface area contributed by atoms with Crippen molar-refractivity contribution in [2.45, 2.75) is 6.92 Å². The fourth-order valence-electron chi connectivity index (χ4n) is 1.88. The van der Waals surface area contributed by atoms with Crippen molar-refractivity contribution >= 4 is 11.9 Å². The number of carbonyl (C=O) groups is 2. The van der Waals surface area contributed by atoms with E-state index in [4.69, 9.17) is 4.52 Å². The van der Waals surface area contributed by atoms with Crippen molar-refractivity contribution in [2.75, 3.05) is 0 Å². The maximum atomic E-state index is 11.5. The first-order valence-electron chi connectivity index (χ1n) is 4.33. The predicted octanol–water partition coefficient (Wildman–Crippen LogP) is 1.40. The molecule has 0 radical (unpaired) electrons. The standard InChI is InChI=1S/C10H5NO4/c1-4-6-5-2-3-11-15-8(5)7(4)10(13)14-9(6)12/h2-3H,1H3. The minimum atomic E-state index is -0.670. The maximum absolute atomic E-state index is 11.5. The zero-order valence-corrected chi connectivity index (χ0v) is 7.73. The molecule has 3 rings (SSSR count). The van der Waals surface area contributed by atoms with Crippen molar-refractivity contribution < 1.29 is 18.8 Å². The first-order valence-corrected chi connectivity index (χ1v) is 4.33. The molecule has 3 aliphatic rings. The summed E-state index contributed by atoms with van der Waals surface area (Å²) in [4.78, 5) is 22.9. The van der Waals surface area contributed by atoms with Gasteiger partial charge >= 0.3 is 11.9 Å². The molecule has 0 N–H and O–H groups in total. The number of hydrogen-bond acceptors (Lipinski definition) is 5. The largest absolute Gasteiger partial charge is 0.386 e. The number of nitrogens with zero attached hydrogens (tertiary/aromatic N) is 1. The van der Waals surface area contributed by atoms with Crippen molar-refractivity contribution in [3.63, 3.8) is 0 Å². The Labute approximate surface area is 84.0 Å². The van der Waals surface area contributed by atoms with Gasteiger partial charge in [-0.3, -0.25) is 0 Å². The van der Waals surface area contributed by atoms with Gasteiger partial charge in [-0.2, -0.15) is 0 Å². The molecule has 15 heavy (non-hydrogen) atoms. The van der Waals surface area contributed by atoms with Crippen LogP contribution < -0.4 is 0 Å². The summed E-state index contributed by atoms with van der Waals surface area (Å²) in [5.74, 6) is -0.973. The second-order valence-electron chi connectivity index (χ2n) is 3.31. The van der Waals surface area contributed by atoms with Crippen molar-refractivity contribution in [3.8, 4) is 11.3 Å². The highest BCUT2D eigenvalue weighted by molar-refractivity contribution is 6.17. The third kappa shape index (κ3) is 0.843. The number of cyclic esters (lactones) is 2. The summed E-state index contributed by atoms with van der Waals surface area (Å²) in [5, 5.41) is 3.57. The Hall–Kier alpha value is -2.17. The Morgan fingerprint density at radius 1 is 1.20 bits per heavy atom. The number of aromatic nitrogens is 1. The van der Waals surface area contributed by atoms with E-state index in [1.54, 1.807) is 13.0 Å². The lowest BCUT2D eigenvalue weighted by atomic mass is 10.1. The first kappa shape index (κ1) is 8.16. The fourth-order valence-corrected chi connectivity index (χ4v) is 1.88. The van der Waals surface area contributed by atoms with Crippen LogP contribution in [-0.4, -0.2) is 17.1 Å². The first-order chi connectivity index (χ1) is 7.20. The summed E-state index contributed by atoms with van der Waals surface area (Å²) in [5.41, 5.74) is 1.87. The van der Waals surface area contributed by atoms with E-state index in [0.717, 1.165) is 0 Å². The molecule has 0 amide bonds. The second kappa shape index (κ2) is 2.44. The third-order valence-corrected chi connectivity index (χ3v) is 2.53. The average molecular weight is 203 g/mol. The molecule has 0 aromatic carbocycles. The van der Waals surface area contributed by atoms with E-state index < -0.39 is 11.9 Å². The Morgan fingerprint density at radius 3 is 2.73 bits per heavy atom. The van der Waals surface area contributed by atoms with Gasteiger partial charge in [0.1, 0.15) is 5.56 Å². The maximum Gasteiger partial charge on any atom is 0.350 e. The summed E-state index contributed by atoms with van der Waals surface area (Å²) < 4.78 is 9.56. The summed E-state index contributed by atoms with van der Waals surface area (Å²) in [7, 11) is 0. The highest BCUT2D eigenvalue weighted by Crippen LogP contribution is 2.39. The summed E-state index contributed by atoms with van der Waals surface area (Å²) in [6.07, 6.45) is 1.43. The smallest absolute Gasteiger partial charge is 0.350 e. The molecule has 0 aromatic rings. The predicted molar refractivity (Wildman–Crippen MR) is 47.6 cm³/mol. The van der Waals surface area contributed by atoms with Gasteiger partial charge in [0, 0.05) is 5.56 Å². The number of rotatable bonds is 0. The number of carbonyl (C=O) groups excluding carboxylic acids is 2. The summed E-state index contributed by atoms with van der Waals surface area (Å²) >= 11 is 0. The number of esters is 2. The van der Waals surface area contributed by atoms with Crippen LogP contribution in [0.5, 0.6) is 0 Å². The van der Waals surface area contributed by atoms with Gasteiger partial charge in [-0.15, -0.1) is 0 Å². The van der Waals surface area contributed by atoms with Crippen LogP contribution in [0.4, 0.5) is 0 Å². The van der Waals surface area contributed by atoms with Gasteiger partial charge in [-0.1, -0.05) is 5.16 Å². The third-order valence-electron chi connectivity index (χ3n) is 2.53. The van der Waals surface area contributed by atoms with Crippen LogP contribution in [0.1, 0.15) is 26.3 Å². The van der Waals surface area contributed by atoms with E-state index in [1.165, 1.54) is 6.20 Å². The van der Waals surface area contributed by atoms with Crippen LogP contribution in [0.25, 0.3) is 11.3 Å². The van der Waals surface area contributed by atoms with Gasteiger partial charge in [0.25, 0.3) is 0 Å².